The summed E-state index contributed by atoms with van der Waals surface area (Å²) in [6, 6.07) is 47.5. The summed E-state index contributed by atoms with van der Waals surface area (Å²) in [6.45, 7) is 0. The van der Waals surface area contributed by atoms with Gasteiger partial charge in [-0.25, -0.2) is 14.4 Å². The Labute approximate surface area is 277 Å². The van der Waals surface area contributed by atoms with Crippen LogP contribution in [0, 0.1) is 5.82 Å². The number of benzene rings is 4. The van der Waals surface area contributed by atoms with Gasteiger partial charge in [0.25, 0.3) is 0 Å². The van der Waals surface area contributed by atoms with Crippen LogP contribution in [0.1, 0.15) is 16.7 Å². The first-order valence-corrected chi connectivity index (χ1v) is 15.7. The highest BCUT2D eigenvalue weighted by molar-refractivity contribution is 5.81. The highest BCUT2D eigenvalue weighted by Gasteiger charge is 2.40. The molecule has 232 valence electrons. The van der Waals surface area contributed by atoms with E-state index in [0.717, 1.165) is 56.1 Å². The van der Waals surface area contributed by atoms with Crippen LogP contribution in [0.2, 0.25) is 0 Å². The van der Waals surface area contributed by atoms with Gasteiger partial charge in [0, 0.05) is 35.2 Å². The number of nitrogens with zero attached hydrogens (tertiary/aromatic N) is 5. The second kappa shape index (κ2) is 12.1. The minimum absolute atomic E-state index is 0.304. The molecule has 0 aliphatic rings. The van der Waals surface area contributed by atoms with Crippen LogP contribution in [0.15, 0.2) is 164 Å². The Hall–Kier alpha value is -6.34. The van der Waals surface area contributed by atoms with Crippen LogP contribution in [0.4, 0.5) is 4.39 Å². The topological polar surface area (TPSA) is 57.2 Å². The maximum atomic E-state index is 14.2. The third-order valence-corrected chi connectivity index (χ3v) is 8.76. The van der Waals surface area contributed by atoms with Gasteiger partial charge in [0.1, 0.15) is 22.7 Å². The number of hydrogen-bond donors (Lipinski definition) is 0. The molecule has 0 fully saturated rings. The molecule has 0 aliphatic heterocycles. The van der Waals surface area contributed by atoms with E-state index in [4.69, 9.17) is 9.84 Å². The summed E-state index contributed by atoms with van der Waals surface area (Å²) in [5.41, 5.74) is 8.00. The Morgan fingerprint density at radius 1 is 0.625 bits per heavy atom. The van der Waals surface area contributed by atoms with Gasteiger partial charge in [-0.05, 0) is 59.2 Å². The summed E-state index contributed by atoms with van der Waals surface area (Å²) >= 11 is 0. The molecular formula is C41H30FN5O. The number of aromatic nitrogens is 5. The lowest BCUT2D eigenvalue weighted by molar-refractivity contribution is 0.398. The van der Waals surface area contributed by atoms with Gasteiger partial charge < -0.3 is 4.74 Å². The Morgan fingerprint density at radius 3 is 1.83 bits per heavy atom. The predicted octanol–water partition coefficient (Wildman–Crippen LogP) is 8.91. The molecule has 7 heteroatoms. The lowest BCUT2D eigenvalue weighted by atomic mass is 9.77. The van der Waals surface area contributed by atoms with Gasteiger partial charge in [0.05, 0.1) is 24.7 Å². The first kappa shape index (κ1) is 29.1. The van der Waals surface area contributed by atoms with Gasteiger partial charge in [-0.1, -0.05) is 97.1 Å². The van der Waals surface area contributed by atoms with Crippen LogP contribution in [-0.2, 0) is 5.54 Å². The second-order valence-electron chi connectivity index (χ2n) is 11.5. The van der Waals surface area contributed by atoms with Crippen molar-refractivity contribution in [2.75, 3.05) is 7.11 Å². The van der Waals surface area contributed by atoms with E-state index < -0.39 is 5.54 Å². The molecule has 0 radical (unpaired) electrons. The maximum absolute atomic E-state index is 14.2. The molecule has 0 saturated carbocycles. The fourth-order valence-electron chi connectivity index (χ4n) is 6.51. The summed E-state index contributed by atoms with van der Waals surface area (Å²) in [4.78, 5) is 9.32. The first-order valence-electron chi connectivity index (χ1n) is 15.7. The summed E-state index contributed by atoms with van der Waals surface area (Å²) in [5.74, 6) is 0.222. The van der Waals surface area contributed by atoms with E-state index in [1.165, 1.54) is 12.1 Å². The quantitative estimate of drug-likeness (QED) is 0.158. The van der Waals surface area contributed by atoms with Gasteiger partial charge in [0.15, 0.2) is 0 Å². The normalized spacial score (nSPS) is 11.5. The van der Waals surface area contributed by atoms with Crippen molar-refractivity contribution in [3.8, 4) is 39.7 Å². The van der Waals surface area contributed by atoms with Gasteiger partial charge in [-0.15, -0.1) is 0 Å². The van der Waals surface area contributed by atoms with E-state index in [2.05, 4.69) is 106 Å². The molecule has 0 amide bonds. The Bertz CT molecular complexity index is 2240. The average molecular weight is 628 g/mol. The molecule has 0 unspecified atom stereocenters. The van der Waals surface area contributed by atoms with E-state index in [0.29, 0.717) is 5.88 Å². The maximum Gasteiger partial charge on any atom is 0.213 e. The first-order chi connectivity index (χ1) is 23.6. The minimum atomic E-state index is -0.828. The molecule has 0 atom stereocenters. The van der Waals surface area contributed by atoms with Crippen LogP contribution in [0.25, 0.3) is 39.4 Å². The van der Waals surface area contributed by atoms with E-state index >= 15 is 0 Å². The molecule has 8 aromatic rings. The number of rotatable bonds is 8. The highest BCUT2D eigenvalue weighted by atomic mass is 19.1. The van der Waals surface area contributed by atoms with Gasteiger partial charge in [0.2, 0.25) is 5.88 Å². The number of methoxy groups -OCH3 is 1. The van der Waals surface area contributed by atoms with Crippen molar-refractivity contribution in [3.63, 3.8) is 0 Å². The van der Waals surface area contributed by atoms with Gasteiger partial charge >= 0.3 is 0 Å². The number of imidazole rings is 1. The molecule has 4 aromatic heterocycles. The average Bonchev–Trinajstić information content (AvgIpc) is 3.79. The zero-order chi connectivity index (χ0) is 32.5. The third-order valence-electron chi connectivity index (χ3n) is 8.76. The van der Waals surface area contributed by atoms with Crippen molar-refractivity contribution in [1.29, 1.82) is 0 Å². The molecule has 0 bridgehead atoms. The van der Waals surface area contributed by atoms with Crippen molar-refractivity contribution in [3.05, 3.63) is 187 Å². The summed E-state index contributed by atoms with van der Waals surface area (Å²) in [6.07, 6.45) is 5.98. The number of fused-ring (bicyclic) bond motifs is 1. The SMILES string of the molecule is COc1cccc(-c2cnc3ccc(-c4cn(C(c5ccccc5)(c5ccccc5)c5ccccc5)nc4-c4ccc(F)cc4)cn23)n1. The molecule has 0 N–H and O–H groups in total. The largest absolute Gasteiger partial charge is 0.481 e. The highest BCUT2D eigenvalue weighted by Crippen LogP contribution is 2.43. The van der Waals surface area contributed by atoms with Crippen molar-refractivity contribution in [1.82, 2.24) is 24.1 Å². The standard InChI is InChI=1S/C41H30FN5O/c1-48-39-19-11-18-36(44-39)37-26-43-38-25-22-30(27-46(37)38)35-28-47(45-40(35)29-20-23-34(42)24-21-29)41(31-12-5-2-6-13-31,32-14-7-3-8-15-32)33-16-9-4-10-17-33/h2-28H,1H3. The summed E-state index contributed by atoms with van der Waals surface area (Å²) in [7, 11) is 1.60. The van der Waals surface area contributed by atoms with Gasteiger partial charge in [-0.3, -0.25) is 9.08 Å². The van der Waals surface area contributed by atoms with Crippen LogP contribution < -0.4 is 4.74 Å². The molecule has 0 spiro atoms. The smallest absolute Gasteiger partial charge is 0.213 e. The summed E-state index contributed by atoms with van der Waals surface area (Å²) in [5, 5.41) is 5.40. The number of ether oxygens (including phenoxy) is 1. The van der Waals surface area contributed by atoms with Crippen molar-refractivity contribution in [2.45, 2.75) is 5.54 Å². The number of pyridine rings is 2. The zero-order valence-electron chi connectivity index (χ0n) is 26.1. The molecule has 48 heavy (non-hydrogen) atoms. The van der Waals surface area contributed by atoms with E-state index in [-0.39, 0.29) is 5.82 Å². The van der Waals surface area contributed by atoms with Gasteiger partial charge in [-0.2, -0.15) is 5.10 Å². The van der Waals surface area contributed by atoms with Crippen molar-refractivity contribution in [2.24, 2.45) is 0 Å². The fourth-order valence-corrected chi connectivity index (χ4v) is 6.51. The lowest BCUT2D eigenvalue weighted by Crippen LogP contribution is -2.38. The third kappa shape index (κ3) is 4.93. The number of halogens is 1. The van der Waals surface area contributed by atoms with Crippen LogP contribution in [-0.4, -0.2) is 31.3 Å². The molecule has 4 heterocycles. The van der Waals surface area contributed by atoms with Crippen molar-refractivity contribution >= 4 is 5.65 Å². The monoisotopic (exact) mass is 627 g/mol. The van der Waals surface area contributed by atoms with E-state index in [1.54, 1.807) is 19.2 Å². The molecule has 4 aromatic carbocycles. The fraction of sp³-hybridized carbons (Fsp3) is 0.0488. The van der Waals surface area contributed by atoms with Crippen LogP contribution in [0.3, 0.4) is 0 Å². The molecule has 0 aliphatic carbocycles. The second-order valence-corrected chi connectivity index (χ2v) is 11.5. The van der Waals surface area contributed by atoms with Crippen molar-refractivity contribution < 1.29 is 9.13 Å². The molecule has 6 nitrogen and oxygen atoms in total. The Morgan fingerprint density at radius 2 is 1.23 bits per heavy atom. The zero-order valence-corrected chi connectivity index (χ0v) is 26.1. The summed E-state index contributed by atoms with van der Waals surface area (Å²) < 4.78 is 23.7. The lowest BCUT2D eigenvalue weighted by Gasteiger charge is -2.36. The molecule has 0 saturated heterocycles. The van der Waals surface area contributed by atoms with Crippen LogP contribution in [0.5, 0.6) is 5.88 Å². The Balaban J connectivity index is 1.42. The molecular weight excluding hydrogens is 597 g/mol. The predicted molar refractivity (Wildman–Crippen MR) is 186 cm³/mol. The Kier molecular flexibility index (Phi) is 7.34. The van der Waals surface area contributed by atoms with E-state index in [9.17, 15) is 4.39 Å². The van der Waals surface area contributed by atoms with E-state index in [1.807, 2.05) is 53.1 Å². The molecule has 8 rings (SSSR count). The minimum Gasteiger partial charge on any atom is -0.481 e. The number of hydrogen-bond acceptors (Lipinski definition) is 4. The van der Waals surface area contributed by atoms with Crippen LogP contribution >= 0.6 is 0 Å².